The van der Waals surface area contributed by atoms with Crippen LogP contribution in [0.4, 0.5) is 4.39 Å². The van der Waals surface area contributed by atoms with Crippen molar-refractivity contribution in [3.8, 4) is 0 Å². The molecule has 0 spiro atoms. The van der Waals surface area contributed by atoms with E-state index in [1.54, 1.807) is 0 Å². The number of rotatable bonds is 4. The predicted molar refractivity (Wildman–Crippen MR) is 63.1 cm³/mol. The van der Waals surface area contributed by atoms with Crippen LogP contribution < -0.4 is 5.73 Å². The minimum absolute atomic E-state index is 0.213. The molecule has 2 rings (SSSR count). The van der Waals surface area contributed by atoms with E-state index < -0.39 is 0 Å². The molecule has 1 unspecified atom stereocenters. The molecule has 1 aromatic rings. The van der Waals surface area contributed by atoms with Crippen LogP contribution in [-0.2, 0) is 6.42 Å². The molecule has 0 saturated heterocycles. The molecule has 1 atom stereocenters. The molecule has 1 aliphatic carbocycles. The Labute approximate surface area is 98.0 Å². The minimum atomic E-state index is -0.213. The molecule has 0 aromatic heterocycles. The van der Waals surface area contributed by atoms with Gasteiger partial charge < -0.3 is 5.73 Å². The van der Waals surface area contributed by atoms with Gasteiger partial charge >= 0.3 is 0 Å². The van der Waals surface area contributed by atoms with Gasteiger partial charge in [-0.1, -0.05) is 18.9 Å². The van der Waals surface area contributed by atoms with Gasteiger partial charge in [-0.2, -0.15) is 0 Å². The lowest BCUT2D eigenvalue weighted by Crippen LogP contribution is -2.23. The summed E-state index contributed by atoms with van der Waals surface area (Å²) < 4.78 is 13.5. The van der Waals surface area contributed by atoms with Gasteiger partial charge in [0.25, 0.3) is 0 Å². The first-order chi connectivity index (χ1) is 7.15. The molecule has 1 fully saturated rings. The standard InChI is InChI=1S/C12H15BrFN/c13-11-7-9(3-4-12(11)14)6-10(15)5-8-1-2-8/h3-4,7-8,10H,1-2,5-6,15H2. The van der Waals surface area contributed by atoms with Gasteiger partial charge in [-0.15, -0.1) is 0 Å². The maximum Gasteiger partial charge on any atom is 0.137 e. The number of nitrogens with two attached hydrogens (primary N) is 1. The maximum absolute atomic E-state index is 13.0. The fraction of sp³-hybridized carbons (Fsp3) is 0.500. The average Bonchev–Trinajstić information content (AvgIpc) is 2.95. The van der Waals surface area contributed by atoms with Gasteiger partial charge in [-0.25, -0.2) is 4.39 Å². The zero-order valence-electron chi connectivity index (χ0n) is 8.55. The van der Waals surface area contributed by atoms with Crippen molar-refractivity contribution in [2.24, 2.45) is 11.7 Å². The minimum Gasteiger partial charge on any atom is -0.327 e. The summed E-state index contributed by atoms with van der Waals surface area (Å²) in [6, 6.07) is 5.34. The summed E-state index contributed by atoms with van der Waals surface area (Å²) in [6.07, 6.45) is 4.62. The van der Waals surface area contributed by atoms with E-state index in [1.165, 1.54) is 18.9 Å². The highest BCUT2D eigenvalue weighted by atomic mass is 79.9. The van der Waals surface area contributed by atoms with Gasteiger partial charge in [-0.05, 0) is 52.4 Å². The van der Waals surface area contributed by atoms with Gasteiger partial charge in [0.15, 0.2) is 0 Å². The molecule has 0 bridgehead atoms. The first-order valence-electron chi connectivity index (χ1n) is 5.34. The predicted octanol–water partition coefficient (Wildman–Crippen LogP) is 3.26. The molecule has 15 heavy (non-hydrogen) atoms. The molecule has 1 saturated carbocycles. The summed E-state index contributed by atoms with van der Waals surface area (Å²) >= 11 is 3.18. The normalized spacial score (nSPS) is 17.8. The first kappa shape index (κ1) is 11.1. The Morgan fingerprint density at radius 2 is 2.20 bits per heavy atom. The second kappa shape index (κ2) is 4.62. The average molecular weight is 272 g/mol. The molecule has 2 N–H and O–H groups in total. The number of hydrogen-bond acceptors (Lipinski definition) is 1. The molecular weight excluding hydrogens is 257 g/mol. The molecule has 82 valence electrons. The third-order valence-electron chi connectivity index (χ3n) is 2.81. The topological polar surface area (TPSA) is 26.0 Å². The Balaban J connectivity index is 1.93. The van der Waals surface area contributed by atoms with Crippen molar-refractivity contribution in [3.05, 3.63) is 34.1 Å². The van der Waals surface area contributed by atoms with Crippen LogP contribution in [0.15, 0.2) is 22.7 Å². The molecule has 0 amide bonds. The van der Waals surface area contributed by atoms with Crippen LogP contribution in [0.5, 0.6) is 0 Å². The highest BCUT2D eigenvalue weighted by Crippen LogP contribution is 2.33. The Morgan fingerprint density at radius 3 is 2.80 bits per heavy atom. The van der Waals surface area contributed by atoms with E-state index in [0.29, 0.717) is 4.47 Å². The van der Waals surface area contributed by atoms with Crippen LogP contribution in [0.2, 0.25) is 0 Å². The Morgan fingerprint density at radius 1 is 1.47 bits per heavy atom. The Kier molecular flexibility index (Phi) is 3.42. The van der Waals surface area contributed by atoms with Crippen LogP contribution in [0, 0.1) is 11.7 Å². The number of halogens is 2. The zero-order valence-corrected chi connectivity index (χ0v) is 10.1. The van der Waals surface area contributed by atoms with Crippen LogP contribution in [0.25, 0.3) is 0 Å². The van der Waals surface area contributed by atoms with Crippen LogP contribution in [0.3, 0.4) is 0 Å². The van der Waals surface area contributed by atoms with Crippen LogP contribution in [-0.4, -0.2) is 6.04 Å². The first-order valence-corrected chi connectivity index (χ1v) is 6.14. The summed E-state index contributed by atoms with van der Waals surface area (Å²) in [5.74, 6) is 0.637. The number of benzene rings is 1. The van der Waals surface area contributed by atoms with Crippen molar-refractivity contribution < 1.29 is 4.39 Å². The second-order valence-corrected chi connectivity index (χ2v) is 5.25. The highest BCUT2D eigenvalue weighted by molar-refractivity contribution is 9.10. The lowest BCUT2D eigenvalue weighted by molar-refractivity contribution is 0.564. The van der Waals surface area contributed by atoms with Crippen molar-refractivity contribution in [1.29, 1.82) is 0 Å². The third-order valence-corrected chi connectivity index (χ3v) is 3.42. The molecule has 1 aliphatic rings. The summed E-state index contributed by atoms with van der Waals surface area (Å²) in [5, 5.41) is 0. The maximum atomic E-state index is 13.0. The van der Waals surface area contributed by atoms with Crippen molar-refractivity contribution in [2.75, 3.05) is 0 Å². The van der Waals surface area contributed by atoms with Gasteiger partial charge in [0.2, 0.25) is 0 Å². The van der Waals surface area contributed by atoms with Crippen molar-refractivity contribution in [2.45, 2.75) is 31.7 Å². The van der Waals surface area contributed by atoms with Crippen LogP contribution in [0.1, 0.15) is 24.8 Å². The van der Waals surface area contributed by atoms with E-state index in [4.69, 9.17) is 5.73 Å². The SMILES string of the molecule is NC(Cc1ccc(F)c(Br)c1)CC1CC1. The van der Waals surface area contributed by atoms with Crippen molar-refractivity contribution in [1.82, 2.24) is 0 Å². The Bertz CT molecular complexity index is 349. The lowest BCUT2D eigenvalue weighted by Gasteiger charge is -2.11. The quantitative estimate of drug-likeness (QED) is 0.894. The second-order valence-electron chi connectivity index (χ2n) is 4.39. The van der Waals surface area contributed by atoms with E-state index in [9.17, 15) is 4.39 Å². The fourth-order valence-electron chi connectivity index (χ4n) is 1.83. The largest absolute Gasteiger partial charge is 0.327 e. The molecule has 1 nitrogen and oxygen atoms in total. The van der Waals surface area contributed by atoms with Gasteiger partial charge in [0.1, 0.15) is 5.82 Å². The van der Waals surface area contributed by atoms with Crippen molar-refractivity contribution in [3.63, 3.8) is 0 Å². The summed E-state index contributed by atoms with van der Waals surface area (Å²) in [6.45, 7) is 0. The monoisotopic (exact) mass is 271 g/mol. The molecule has 3 heteroatoms. The molecule has 0 aliphatic heterocycles. The van der Waals surface area contributed by atoms with E-state index >= 15 is 0 Å². The molecule has 0 radical (unpaired) electrons. The highest BCUT2D eigenvalue weighted by Gasteiger charge is 2.23. The van der Waals surface area contributed by atoms with Gasteiger partial charge in [-0.3, -0.25) is 0 Å². The number of hydrogen-bond donors (Lipinski definition) is 1. The van der Waals surface area contributed by atoms with E-state index in [-0.39, 0.29) is 11.9 Å². The van der Waals surface area contributed by atoms with Crippen molar-refractivity contribution >= 4 is 15.9 Å². The smallest absolute Gasteiger partial charge is 0.137 e. The van der Waals surface area contributed by atoms with E-state index in [1.807, 2.05) is 12.1 Å². The van der Waals surface area contributed by atoms with Crippen LogP contribution >= 0.6 is 15.9 Å². The molecule has 0 heterocycles. The van der Waals surface area contributed by atoms with E-state index in [0.717, 1.165) is 24.3 Å². The molecular formula is C12H15BrFN. The van der Waals surface area contributed by atoms with Gasteiger partial charge in [0.05, 0.1) is 4.47 Å². The summed E-state index contributed by atoms with van der Waals surface area (Å²) in [4.78, 5) is 0. The lowest BCUT2D eigenvalue weighted by atomic mass is 10.0. The zero-order chi connectivity index (χ0) is 10.8. The third kappa shape index (κ3) is 3.28. The summed E-state index contributed by atoms with van der Waals surface area (Å²) in [7, 11) is 0. The summed E-state index contributed by atoms with van der Waals surface area (Å²) in [5.41, 5.74) is 7.13. The Hall–Kier alpha value is -0.410. The van der Waals surface area contributed by atoms with Gasteiger partial charge in [0, 0.05) is 6.04 Å². The molecule has 1 aromatic carbocycles. The van der Waals surface area contributed by atoms with E-state index in [2.05, 4.69) is 15.9 Å². The fourth-order valence-corrected chi connectivity index (χ4v) is 2.26.